The highest BCUT2D eigenvalue weighted by Crippen LogP contribution is 2.59. The monoisotopic (exact) mass is 257 g/mol. The molecule has 19 heavy (non-hydrogen) atoms. The molecule has 2 N–H and O–H groups in total. The van der Waals surface area contributed by atoms with E-state index in [9.17, 15) is 0 Å². The first-order chi connectivity index (χ1) is 9.24. The maximum absolute atomic E-state index is 5.91. The molecule has 0 aliphatic heterocycles. The summed E-state index contributed by atoms with van der Waals surface area (Å²) in [5.41, 5.74) is 8.39. The normalized spacial score (nSPS) is 39.8. The molecule has 1 aromatic rings. The van der Waals surface area contributed by atoms with E-state index in [0.717, 1.165) is 29.5 Å². The van der Waals surface area contributed by atoms with Crippen molar-refractivity contribution in [2.24, 2.45) is 29.4 Å². The molecule has 4 aliphatic carbocycles. The maximum Gasteiger partial charge on any atom is 0.125 e. The number of aromatic nitrogens is 2. The van der Waals surface area contributed by atoms with Crippen molar-refractivity contribution in [3.05, 3.63) is 23.3 Å². The first-order valence-corrected chi connectivity index (χ1v) is 7.77. The van der Waals surface area contributed by atoms with E-state index in [1.807, 2.05) is 13.1 Å². The summed E-state index contributed by atoms with van der Waals surface area (Å²) in [7, 11) is 0. The fraction of sp³-hybridized carbons (Fsp3) is 0.750. The lowest BCUT2D eigenvalue weighted by Gasteiger charge is -2.54. The van der Waals surface area contributed by atoms with Crippen molar-refractivity contribution < 1.29 is 0 Å². The standard InChI is InChI=1S/C16H23N3/c1-9-18-8-14(7-17)16(19-9)15-12-3-10-2-11(5-12)6-13(15)4-10/h8,10-13,15H,2-7,17H2,1H3. The van der Waals surface area contributed by atoms with Crippen LogP contribution in [0.1, 0.15) is 55.1 Å². The minimum Gasteiger partial charge on any atom is -0.326 e. The molecule has 0 aromatic carbocycles. The predicted octanol–water partition coefficient (Wildman–Crippen LogP) is 2.78. The van der Waals surface area contributed by atoms with Gasteiger partial charge in [0.25, 0.3) is 0 Å². The molecule has 0 unspecified atom stereocenters. The van der Waals surface area contributed by atoms with Crippen LogP contribution in [0, 0.1) is 30.6 Å². The number of aryl methyl sites for hydroxylation is 1. The van der Waals surface area contributed by atoms with Crippen LogP contribution < -0.4 is 5.73 Å². The molecule has 3 heteroatoms. The van der Waals surface area contributed by atoms with E-state index in [0.29, 0.717) is 12.5 Å². The van der Waals surface area contributed by atoms with Crippen molar-refractivity contribution in [2.45, 2.75) is 51.5 Å². The first-order valence-electron chi connectivity index (χ1n) is 7.77. The van der Waals surface area contributed by atoms with Gasteiger partial charge in [0, 0.05) is 24.2 Å². The topological polar surface area (TPSA) is 51.8 Å². The zero-order chi connectivity index (χ0) is 13.0. The average Bonchev–Trinajstić information content (AvgIpc) is 2.37. The Morgan fingerprint density at radius 1 is 1.11 bits per heavy atom. The van der Waals surface area contributed by atoms with Gasteiger partial charge in [-0.1, -0.05) is 0 Å². The Kier molecular flexibility index (Phi) is 2.66. The number of nitrogens with two attached hydrogens (primary N) is 1. The number of nitrogens with zero attached hydrogens (tertiary/aromatic N) is 2. The Balaban J connectivity index is 1.74. The highest BCUT2D eigenvalue weighted by atomic mass is 14.9. The molecule has 0 saturated heterocycles. The van der Waals surface area contributed by atoms with Crippen molar-refractivity contribution >= 4 is 0 Å². The van der Waals surface area contributed by atoms with Gasteiger partial charge in [-0.3, -0.25) is 0 Å². The Morgan fingerprint density at radius 2 is 1.74 bits per heavy atom. The zero-order valence-electron chi connectivity index (χ0n) is 11.7. The van der Waals surface area contributed by atoms with Crippen molar-refractivity contribution in [3.8, 4) is 0 Å². The SMILES string of the molecule is Cc1ncc(CN)c(C2C3CC4CC(C3)CC2C4)n1. The quantitative estimate of drug-likeness (QED) is 0.886. The summed E-state index contributed by atoms with van der Waals surface area (Å²) >= 11 is 0. The number of hydrogen-bond acceptors (Lipinski definition) is 3. The zero-order valence-corrected chi connectivity index (χ0v) is 11.7. The van der Waals surface area contributed by atoms with E-state index in [2.05, 4.69) is 4.98 Å². The summed E-state index contributed by atoms with van der Waals surface area (Å²) < 4.78 is 0. The summed E-state index contributed by atoms with van der Waals surface area (Å²) in [6.07, 6.45) is 9.21. The Morgan fingerprint density at radius 3 is 2.32 bits per heavy atom. The second-order valence-corrected chi connectivity index (χ2v) is 6.99. The van der Waals surface area contributed by atoms with Crippen LogP contribution >= 0.6 is 0 Å². The summed E-state index contributed by atoms with van der Waals surface area (Å²) in [6, 6.07) is 0. The van der Waals surface area contributed by atoms with Gasteiger partial charge in [0.15, 0.2) is 0 Å². The molecule has 3 nitrogen and oxygen atoms in total. The third kappa shape index (κ3) is 1.82. The second kappa shape index (κ2) is 4.27. The van der Waals surface area contributed by atoms with Crippen LogP contribution in [0.4, 0.5) is 0 Å². The van der Waals surface area contributed by atoms with Gasteiger partial charge in [0.05, 0.1) is 5.69 Å². The molecule has 1 aromatic heterocycles. The van der Waals surface area contributed by atoms with E-state index in [4.69, 9.17) is 10.7 Å². The van der Waals surface area contributed by atoms with Gasteiger partial charge >= 0.3 is 0 Å². The minimum absolute atomic E-state index is 0.582. The Labute approximate surface area is 115 Å². The largest absolute Gasteiger partial charge is 0.326 e. The van der Waals surface area contributed by atoms with E-state index in [1.54, 1.807) is 0 Å². The molecule has 0 spiro atoms. The highest BCUT2D eigenvalue weighted by Gasteiger charge is 2.49. The van der Waals surface area contributed by atoms with E-state index >= 15 is 0 Å². The average molecular weight is 257 g/mol. The molecule has 5 rings (SSSR count). The minimum atomic E-state index is 0.582. The Hall–Kier alpha value is -0.960. The van der Waals surface area contributed by atoms with Gasteiger partial charge in [-0.15, -0.1) is 0 Å². The second-order valence-electron chi connectivity index (χ2n) is 6.99. The van der Waals surface area contributed by atoms with Crippen LogP contribution in [-0.4, -0.2) is 9.97 Å². The van der Waals surface area contributed by atoms with E-state index < -0.39 is 0 Å². The van der Waals surface area contributed by atoms with Gasteiger partial charge < -0.3 is 5.73 Å². The fourth-order valence-electron chi connectivity index (χ4n) is 5.33. The van der Waals surface area contributed by atoms with Crippen LogP contribution in [0.5, 0.6) is 0 Å². The van der Waals surface area contributed by atoms with Gasteiger partial charge in [-0.25, -0.2) is 9.97 Å². The molecule has 1 heterocycles. The van der Waals surface area contributed by atoms with Crippen molar-refractivity contribution in [2.75, 3.05) is 0 Å². The molecule has 0 radical (unpaired) electrons. The maximum atomic E-state index is 5.91. The third-order valence-electron chi connectivity index (χ3n) is 5.78. The summed E-state index contributed by atoms with van der Waals surface area (Å²) in [4.78, 5) is 9.13. The fourth-order valence-corrected chi connectivity index (χ4v) is 5.33. The molecule has 0 amide bonds. The van der Waals surface area contributed by atoms with Gasteiger partial charge in [0.1, 0.15) is 5.82 Å². The Bertz CT molecular complexity index is 469. The lowest BCUT2D eigenvalue weighted by molar-refractivity contribution is -0.00454. The van der Waals surface area contributed by atoms with E-state index in [-0.39, 0.29) is 0 Å². The third-order valence-corrected chi connectivity index (χ3v) is 5.78. The summed E-state index contributed by atoms with van der Waals surface area (Å²) in [6.45, 7) is 2.58. The summed E-state index contributed by atoms with van der Waals surface area (Å²) in [5.74, 6) is 5.35. The smallest absolute Gasteiger partial charge is 0.125 e. The lowest BCUT2D eigenvalue weighted by Crippen LogP contribution is -2.44. The first kappa shape index (κ1) is 11.8. The molecule has 102 valence electrons. The van der Waals surface area contributed by atoms with Crippen molar-refractivity contribution in [3.63, 3.8) is 0 Å². The predicted molar refractivity (Wildman–Crippen MR) is 74.4 cm³/mol. The number of hydrogen-bond donors (Lipinski definition) is 1. The molecular formula is C16H23N3. The highest BCUT2D eigenvalue weighted by molar-refractivity contribution is 5.25. The van der Waals surface area contributed by atoms with Gasteiger partial charge in [-0.2, -0.15) is 0 Å². The van der Waals surface area contributed by atoms with Crippen LogP contribution in [0.2, 0.25) is 0 Å². The van der Waals surface area contributed by atoms with Crippen molar-refractivity contribution in [1.29, 1.82) is 0 Å². The van der Waals surface area contributed by atoms with Crippen LogP contribution in [0.25, 0.3) is 0 Å². The molecule has 4 bridgehead atoms. The molecule has 4 saturated carbocycles. The lowest BCUT2D eigenvalue weighted by atomic mass is 9.51. The van der Waals surface area contributed by atoms with E-state index in [1.165, 1.54) is 43.4 Å². The molecular weight excluding hydrogens is 234 g/mol. The molecule has 4 fully saturated rings. The van der Waals surface area contributed by atoms with Crippen molar-refractivity contribution in [1.82, 2.24) is 9.97 Å². The number of rotatable bonds is 2. The van der Waals surface area contributed by atoms with Crippen LogP contribution in [-0.2, 0) is 6.54 Å². The molecule has 4 aliphatic rings. The molecule has 0 atom stereocenters. The van der Waals surface area contributed by atoms with Crippen LogP contribution in [0.3, 0.4) is 0 Å². The van der Waals surface area contributed by atoms with Gasteiger partial charge in [0.2, 0.25) is 0 Å². The van der Waals surface area contributed by atoms with Crippen LogP contribution in [0.15, 0.2) is 6.20 Å². The summed E-state index contributed by atoms with van der Waals surface area (Å²) in [5, 5.41) is 0. The van der Waals surface area contributed by atoms with Gasteiger partial charge in [-0.05, 0) is 62.7 Å².